The van der Waals surface area contributed by atoms with E-state index in [4.69, 9.17) is 9.84 Å². The second-order valence-corrected chi connectivity index (χ2v) is 5.19. The summed E-state index contributed by atoms with van der Waals surface area (Å²) >= 11 is 0. The minimum atomic E-state index is -0.0144. The van der Waals surface area contributed by atoms with Crippen molar-refractivity contribution in [1.29, 1.82) is 0 Å². The number of carbonyl (C=O) groups is 1. The highest BCUT2D eigenvalue weighted by atomic mass is 16.5. The maximum absolute atomic E-state index is 11.0. The topological polar surface area (TPSA) is 46.5 Å². The lowest BCUT2D eigenvalue weighted by Gasteiger charge is -2.10. The number of hydrogen-bond donors (Lipinski definition) is 1. The van der Waals surface area contributed by atoms with Gasteiger partial charge in [-0.3, -0.25) is 4.79 Å². The van der Waals surface area contributed by atoms with Crippen LogP contribution < -0.4 is 0 Å². The molecule has 1 heterocycles. The lowest BCUT2D eigenvalue weighted by molar-refractivity contribution is -0.148. The van der Waals surface area contributed by atoms with Crippen molar-refractivity contribution < 1.29 is 14.6 Å². The minimum absolute atomic E-state index is 0.0144. The van der Waals surface area contributed by atoms with Crippen LogP contribution in [0.5, 0.6) is 0 Å². The van der Waals surface area contributed by atoms with E-state index in [1.807, 2.05) is 6.92 Å². The summed E-state index contributed by atoms with van der Waals surface area (Å²) in [6.07, 6.45) is 11.0. The molecule has 2 fully saturated rings. The summed E-state index contributed by atoms with van der Waals surface area (Å²) in [6.45, 7) is 1.98. The van der Waals surface area contributed by atoms with Gasteiger partial charge in [0.15, 0.2) is 0 Å². The molecule has 3 heteroatoms. The summed E-state index contributed by atoms with van der Waals surface area (Å²) < 4.78 is 5.13. The molecule has 2 rings (SSSR count). The van der Waals surface area contributed by atoms with Gasteiger partial charge < -0.3 is 9.84 Å². The smallest absolute Gasteiger partial charge is 0.306 e. The van der Waals surface area contributed by atoms with Crippen molar-refractivity contribution in [3.8, 4) is 0 Å². The molecule has 1 N–H and O–H groups in total. The van der Waals surface area contributed by atoms with E-state index in [2.05, 4.69) is 0 Å². The summed E-state index contributed by atoms with van der Waals surface area (Å²) in [5.41, 5.74) is 0. The molecular weight excluding hydrogens is 216 g/mol. The van der Waals surface area contributed by atoms with Crippen molar-refractivity contribution in [3.05, 3.63) is 0 Å². The number of ether oxygens (including phenoxy) is 1. The molecule has 100 valence electrons. The van der Waals surface area contributed by atoms with Crippen LogP contribution in [0.1, 0.15) is 71.1 Å². The number of esters is 1. The van der Waals surface area contributed by atoms with E-state index in [1.54, 1.807) is 0 Å². The summed E-state index contributed by atoms with van der Waals surface area (Å²) in [6, 6.07) is 0. The Morgan fingerprint density at radius 2 is 1.59 bits per heavy atom. The molecule has 1 aliphatic heterocycles. The Morgan fingerprint density at radius 3 is 2.18 bits per heavy atom. The van der Waals surface area contributed by atoms with Gasteiger partial charge in [-0.05, 0) is 39.0 Å². The van der Waals surface area contributed by atoms with Gasteiger partial charge in [0.2, 0.25) is 0 Å². The molecule has 0 aromatic rings. The second kappa shape index (κ2) is 8.51. The molecule has 0 aromatic heterocycles. The molecule has 1 atom stereocenters. The Hall–Kier alpha value is -0.570. The zero-order valence-electron chi connectivity index (χ0n) is 11.0. The fraction of sp³-hybridized carbons (Fsp3) is 0.929. The van der Waals surface area contributed by atoms with Crippen LogP contribution in [0, 0.1) is 0 Å². The lowest BCUT2D eigenvalue weighted by atomic mass is 10.1. The van der Waals surface area contributed by atoms with Crippen LogP contribution in [0.2, 0.25) is 0 Å². The van der Waals surface area contributed by atoms with Crippen molar-refractivity contribution in [3.63, 3.8) is 0 Å². The SMILES string of the molecule is CC1CCCCCCC(=O)O1.OC1CCCC1. The van der Waals surface area contributed by atoms with Gasteiger partial charge in [0, 0.05) is 6.42 Å². The third kappa shape index (κ3) is 7.37. The number of rotatable bonds is 0. The van der Waals surface area contributed by atoms with Crippen molar-refractivity contribution in [2.24, 2.45) is 0 Å². The molecule has 0 bridgehead atoms. The van der Waals surface area contributed by atoms with Crippen LogP contribution in [-0.2, 0) is 9.53 Å². The van der Waals surface area contributed by atoms with Crippen LogP contribution in [0.25, 0.3) is 0 Å². The molecular formula is C14H26O3. The predicted molar refractivity (Wildman–Crippen MR) is 67.7 cm³/mol. The molecule has 0 amide bonds. The lowest BCUT2D eigenvalue weighted by Crippen LogP contribution is -2.13. The number of hydrogen-bond acceptors (Lipinski definition) is 3. The van der Waals surface area contributed by atoms with Gasteiger partial charge in [-0.25, -0.2) is 0 Å². The van der Waals surface area contributed by atoms with E-state index in [9.17, 15) is 4.79 Å². The highest BCUT2D eigenvalue weighted by molar-refractivity contribution is 5.69. The van der Waals surface area contributed by atoms with E-state index in [-0.39, 0.29) is 18.2 Å². The molecule has 1 unspecified atom stereocenters. The van der Waals surface area contributed by atoms with Gasteiger partial charge in [-0.2, -0.15) is 0 Å². The van der Waals surface area contributed by atoms with E-state index < -0.39 is 0 Å². The zero-order chi connectivity index (χ0) is 12.5. The van der Waals surface area contributed by atoms with Gasteiger partial charge in [0.25, 0.3) is 0 Å². The quantitative estimate of drug-likeness (QED) is 0.664. The van der Waals surface area contributed by atoms with Crippen molar-refractivity contribution >= 4 is 5.97 Å². The third-order valence-corrected chi connectivity index (χ3v) is 3.40. The van der Waals surface area contributed by atoms with Gasteiger partial charge >= 0.3 is 5.97 Å². The van der Waals surface area contributed by atoms with Gasteiger partial charge in [-0.15, -0.1) is 0 Å². The molecule has 0 radical (unpaired) electrons. The van der Waals surface area contributed by atoms with Crippen LogP contribution in [0.3, 0.4) is 0 Å². The Kier molecular flexibility index (Phi) is 7.25. The first kappa shape index (κ1) is 14.5. The van der Waals surface area contributed by atoms with E-state index in [1.165, 1.54) is 32.1 Å². The van der Waals surface area contributed by atoms with Crippen LogP contribution >= 0.6 is 0 Å². The largest absolute Gasteiger partial charge is 0.463 e. The number of aliphatic hydroxyl groups is 1. The van der Waals surface area contributed by atoms with Crippen molar-refractivity contribution in [2.45, 2.75) is 83.3 Å². The second-order valence-electron chi connectivity index (χ2n) is 5.19. The molecule has 2 aliphatic rings. The van der Waals surface area contributed by atoms with Crippen molar-refractivity contribution in [2.75, 3.05) is 0 Å². The Balaban J connectivity index is 0.000000202. The molecule has 1 aliphatic carbocycles. The first-order valence-corrected chi connectivity index (χ1v) is 7.06. The van der Waals surface area contributed by atoms with Gasteiger partial charge in [-0.1, -0.05) is 25.7 Å². The van der Waals surface area contributed by atoms with Gasteiger partial charge in [0.1, 0.15) is 0 Å². The predicted octanol–water partition coefficient (Wildman–Crippen LogP) is 3.19. The highest BCUT2D eigenvalue weighted by Crippen LogP contribution is 2.16. The summed E-state index contributed by atoms with van der Waals surface area (Å²) in [7, 11) is 0. The Labute approximate surface area is 105 Å². The molecule has 1 saturated carbocycles. The number of cyclic esters (lactones) is 1. The Morgan fingerprint density at radius 1 is 1.00 bits per heavy atom. The van der Waals surface area contributed by atoms with E-state index in [0.29, 0.717) is 6.42 Å². The molecule has 17 heavy (non-hydrogen) atoms. The maximum Gasteiger partial charge on any atom is 0.306 e. The first-order chi connectivity index (χ1) is 8.18. The highest BCUT2D eigenvalue weighted by Gasteiger charge is 2.11. The molecule has 0 spiro atoms. The van der Waals surface area contributed by atoms with E-state index >= 15 is 0 Å². The molecule has 0 aromatic carbocycles. The molecule has 1 saturated heterocycles. The zero-order valence-corrected chi connectivity index (χ0v) is 11.0. The van der Waals surface area contributed by atoms with Gasteiger partial charge in [0.05, 0.1) is 12.2 Å². The minimum Gasteiger partial charge on any atom is -0.463 e. The number of carbonyl (C=O) groups excluding carboxylic acids is 1. The fourth-order valence-electron chi connectivity index (χ4n) is 2.30. The fourth-order valence-corrected chi connectivity index (χ4v) is 2.30. The monoisotopic (exact) mass is 242 g/mol. The first-order valence-electron chi connectivity index (χ1n) is 7.06. The molecule has 3 nitrogen and oxygen atoms in total. The Bertz CT molecular complexity index is 210. The van der Waals surface area contributed by atoms with Crippen LogP contribution in [0.4, 0.5) is 0 Å². The summed E-state index contributed by atoms with van der Waals surface area (Å²) in [5.74, 6) is -0.0144. The normalized spacial score (nSPS) is 27.2. The summed E-state index contributed by atoms with van der Waals surface area (Å²) in [4.78, 5) is 11.0. The van der Waals surface area contributed by atoms with Crippen LogP contribution in [-0.4, -0.2) is 23.3 Å². The third-order valence-electron chi connectivity index (χ3n) is 3.40. The number of aliphatic hydroxyl groups excluding tert-OH is 1. The standard InChI is InChI=1S/C9H16O2.C5H10O/c1-8-6-4-2-3-5-7-9(10)11-8;6-5-3-1-2-4-5/h8H,2-7H2,1H3;5-6H,1-4H2. The van der Waals surface area contributed by atoms with Crippen LogP contribution in [0.15, 0.2) is 0 Å². The average molecular weight is 242 g/mol. The summed E-state index contributed by atoms with van der Waals surface area (Å²) in [5, 5.41) is 8.73. The van der Waals surface area contributed by atoms with Crippen molar-refractivity contribution in [1.82, 2.24) is 0 Å². The van der Waals surface area contributed by atoms with E-state index in [0.717, 1.165) is 25.7 Å². The average Bonchev–Trinajstić information content (AvgIpc) is 2.76. The maximum atomic E-state index is 11.0.